The van der Waals surface area contributed by atoms with E-state index < -0.39 is 0 Å². The Morgan fingerprint density at radius 1 is 1.05 bits per heavy atom. The molecule has 3 aromatic rings. The minimum absolute atomic E-state index is 0.0814. The van der Waals surface area contributed by atoms with Gasteiger partial charge in [0.1, 0.15) is 11.8 Å². The normalized spacial score (nSPS) is 10.9. The zero-order valence-electron chi connectivity index (χ0n) is 9.81. The Bertz CT molecular complexity index is 854. The number of para-hydroxylation sites is 1. The third kappa shape index (κ3) is 2.14. The molecule has 0 atom stereocenters. The van der Waals surface area contributed by atoms with Crippen LogP contribution in [-0.2, 0) is 0 Å². The number of nitrogens with one attached hydrogen (secondary N) is 1. The molecule has 0 radical (unpaired) electrons. The first kappa shape index (κ1) is 13.3. The van der Waals surface area contributed by atoms with Crippen LogP contribution in [-0.4, -0.2) is 19.5 Å². The monoisotopic (exact) mass is 325 g/mol. The summed E-state index contributed by atoms with van der Waals surface area (Å²) < 4.78 is 1.48. The Morgan fingerprint density at radius 2 is 1.75 bits per heavy atom. The second-order valence-corrected chi connectivity index (χ2v) is 5.06. The van der Waals surface area contributed by atoms with Crippen molar-refractivity contribution >= 4 is 45.8 Å². The number of nitrogens with zero attached hydrogens (tertiary/aromatic N) is 4. The van der Waals surface area contributed by atoms with Gasteiger partial charge >= 0.3 is 0 Å². The summed E-state index contributed by atoms with van der Waals surface area (Å²) in [6.07, 6.45) is 2.88. The van der Waals surface area contributed by atoms with Crippen LogP contribution >= 0.6 is 34.8 Å². The lowest BCUT2D eigenvalue weighted by Crippen LogP contribution is -2.20. The molecule has 0 aliphatic rings. The highest BCUT2D eigenvalue weighted by atomic mass is 35.5. The van der Waals surface area contributed by atoms with Crippen LogP contribution in [0.25, 0.3) is 16.7 Å². The molecule has 0 aliphatic heterocycles. The van der Waals surface area contributed by atoms with Gasteiger partial charge in [-0.3, -0.25) is 9.98 Å². The van der Waals surface area contributed by atoms with Crippen molar-refractivity contribution in [2.75, 3.05) is 0 Å². The van der Waals surface area contributed by atoms with Crippen molar-refractivity contribution in [1.82, 2.24) is 19.5 Å². The smallest absolute Gasteiger partial charge is 0.224 e. The van der Waals surface area contributed by atoms with Crippen LogP contribution in [0.3, 0.4) is 0 Å². The summed E-state index contributed by atoms with van der Waals surface area (Å²) in [6, 6.07) is 5.12. The molecule has 0 saturated heterocycles. The van der Waals surface area contributed by atoms with E-state index in [1.807, 2.05) is 0 Å². The van der Waals surface area contributed by atoms with E-state index in [1.54, 1.807) is 18.2 Å². The lowest BCUT2D eigenvalue weighted by Gasteiger charge is -2.11. The molecule has 0 amide bonds. The van der Waals surface area contributed by atoms with Crippen molar-refractivity contribution < 1.29 is 0 Å². The van der Waals surface area contributed by atoms with Crippen molar-refractivity contribution in [2.45, 2.75) is 0 Å². The lowest BCUT2D eigenvalue weighted by atomic mass is 10.3. The van der Waals surface area contributed by atoms with Crippen LogP contribution in [0.5, 0.6) is 0 Å². The first-order valence-corrected chi connectivity index (χ1v) is 6.60. The molecule has 2 heterocycles. The second kappa shape index (κ2) is 5.01. The average Bonchev–Trinajstić information content (AvgIpc) is 2.41. The number of benzene rings is 1. The molecule has 2 aromatic heterocycles. The van der Waals surface area contributed by atoms with Gasteiger partial charge < -0.3 is 0 Å². The molecule has 0 unspecified atom stereocenters. The molecule has 20 heavy (non-hydrogen) atoms. The van der Waals surface area contributed by atoms with Gasteiger partial charge in [-0.2, -0.15) is 4.98 Å². The van der Waals surface area contributed by atoms with E-state index >= 15 is 0 Å². The minimum atomic E-state index is 0.0814. The molecule has 1 aromatic carbocycles. The second-order valence-electron chi connectivity index (χ2n) is 3.91. The first-order chi connectivity index (χ1) is 9.58. The maximum absolute atomic E-state index is 8.22. The van der Waals surface area contributed by atoms with Gasteiger partial charge in [-0.05, 0) is 23.7 Å². The molecule has 1 N–H and O–H groups in total. The number of fused-ring (bicyclic) bond motifs is 1. The van der Waals surface area contributed by atoms with Crippen LogP contribution in [0.1, 0.15) is 0 Å². The van der Waals surface area contributed by atoms with E-state index in [0.29, 0.717) is 26.8 Å². The number of aromatic nitrogens is 4. The molecule has 3 rings (SSSR count). The molecule has 0 bridgehead atoms. The number of hydrogen-bond donors (Lipinski definition) is 1. The van der Waals surface area contributed by atoms with Crippen molar-refractivity contribution in [3.8, 4) is 5.69 Å². The van der Waals surface area contributed by atoms with Gasteiger partial charge in [-0.1, -0.05) is 29.3 Å². The van der Waals surface area contributed by atoms with Gasteiger partial charge in [-0.15, -0.1) is 0 Å². The highest BCUT2D eigenvalue weighted by Crippen LogP contribution is 2.27. The van der Waals surface area contributed by atoms with E-state index in [9.17, 15) is 0 Å². The molecular weight excluding hydrogens is 321 g/mol. The Balaban J connectivity index is 2.36. The highest BCUT2D eigenvalue weighted by molar-refractivity contribution is 6.37. The van der Waals surface area contributed by atoms with Crippen molar-refractivity contribution in [2.24, 2.45) is 0 Å². The Hall–Kier alpha value is -1.69. The van der Waals surface area contributed by atoms with Crippen molar-refractivity contribution in [3.05, 3.63) is 51.5 Å². The first-order valence-electron chi connectivity index (χ1n) is 5.47. The molecule has 0 spiro atoms. The van der Waals surface area contributed by atoms with Crippen LogP contribution in [0.15, 0.2) is 30.7 Å². The van der Waals surface area contributed by atoms with Crippen molar-refractivity contribution in [1.29, 1.82) is 5.41 Å². The molecular formula is C12H6Cl3N5. The van der Waals surface area contributed by atoms with Gasteiger partial charge in [-0.25, -0.2) is 9.97 Å². The van der Waals surface area contributed by atoms with Crippen LogP contribution in [0, 0.1) is 5.41 Å². The Morgan fingerprint density at radius 3 is 2.45 bits per heavy atom. The third-order valence-corrected chi connectivity index (χ3v) is 3.50. The average molecular weight is 327 g/mol. The summed E-state index contributed by atoms with van der Waals surface area (Å²) in [5.41, 5.74) is 0.960. The van der Waals surface area contributed by atoms with Gasteiger partial charge in [0.25, 0.3) is 0 Å². The topological polar surface area (TPSA) is 67.5 Å². The summed E-state index contributed by atoms with van der Waals surface area (Å²) in [6.45, 7) is 0. The fourth-order valence-electron chi connectivity index (χ4n) is 1.81. The summed E-state index contributed by atoms with van der Waals surface area (Å²) in [7, 11) is 0. The fourth-order valence-corrected chi connectivity index (χ4v) is 2.51. The maximum Gasteiger partial charge on any atom is 0.224 e. The fraction of sp³-hybridized carbons (Fsp3) is 0. The largest absolute Gasteiger partial charge is 0.283 e. The van der Waals surface area contributed by atoms with Crippen LogP contribution in [0.4, 0.5) is 0 Å². The van der Waals surface area contributed by atoms with E-state index in [0.717, 1.165) is 0 Å². The van der Waals surface area contributed by atoms with E-state index in [-0.39, 0.29) is 10.8 Å². The number of halogens is 3. The summed E-state index contributed by atoms with van der Waals surface area (Å²) in [4.78, 5) is 12.0. The van der Waals surface area contributed by atoms with Crippen LogP contribution in [0.2, 0.25) is 15.3 Å². The van der Waals surface area contributed by atoms with Gasteiger partial charge in [0, 0.05) is 6.20 Å². The van der Waals surface area contributed by atoms with Gasteiger partial charge in [0.05, 0.1) is 21.1 Å². The number of rotatable bonds is 1. The van der Waals surface area contributed by atoms with Gasteiger partial charge in [0.15, 0.2) is 5.65 Å². The Labute approximate surface area is 128 Å². The summed E-state index contributed by atoms with van der Waals surface area (Å²) in [5, 5.41) is 9.60. The predicted octanol–water partition coefficient (Wildman–Crippen LogP) is 3.26. The zero-order valence-corrected chi connectivity index (χ0v) is 12.1. The molecule has 0 aliphatic carbocycles. The Kier molecular flexibility index (Phi) is 3.33. The lowest BCUT2D eigenvalue weighted by molar-refractivity contribution is 0.902. The van der Waals surface area contributed by atoms with E-state index in [2.05, 4.69) is 15.0 Å². The predicted molar refractivity (Wildman–Crippen MR) is 77.5 cm³/mol. The van der Waals surface area contributed by atoms with Crippen LogP contribution < -0.4 is 5.49 Å². The maximum atomic E-state index is 8.22. The third-order valence-electron chi connectivity index (χ3n) is 2.71. The molecule has 100 valence electrons. The van der Waals surface area contributed by atoms with E-state index in [1.165, 1.54) is 17.1 Å². The molecule has 5 nitrogen and oxygen atoms in total. The summed E-state index contributed by atoms with van der Waals surface area (Å²) >= 11 is 18.0. The van der Waals surface area contributed by atoms with E-state index in [4.69, 9.17) is 40.2 Å². The zero-order chi connectivity index (χ0) is 14.3. The van der Waals surface area contributed by atoms with Gasteiger partial charge in [0.2, 0.25) is 5.28 Å². The standard InChI is InChI=1S/C12H6Cl3N5/c13-7-2-1-3-8(14)9(7)20-5-18-11-6(10(20)16)4-17-12(15)19-11/h1-5,16H. The summed E-state index contributed by atoms with van der Waals surface area (Å²) in [5.74, 6) is 0. The quantitative estimate of drug-likeness (QED) is 0.698. The molecule has 8 heteroatoms. The highest BCUT2D eigenvalue weighted by Gasteiger charge is 2.11. The SMILES string of the molecule is N=c1c2cnc(Cl)nc2ncn1-c1c(Cl)cccc1Cl. The van der Waals surface area contributed by atoms with Crippen molar-refractivity contribution in [3.63, 3.8) is 0 Å². The minimum Gasteiger partial charge on any atom is -0.283 e. The number of hydrogen-bond acceptors (Lipinski definition) is 4. The molecule has 0 fully saturated rings. The molecule has 0 saturated carbocycles.